The molecule has 0 aliphatic heterocycles. The summed E-state index contributed by atoms with van der Waals surface area (Å²) in [5, 5.41) is 3.38. The van der Waals surface area contributed by atoms with Gasteiger partial charge in [0, 0.05) is 18.3 Å². The van der Waals surface area contributed by atoms with Crippen LogP contribution in [0.25, 0.3) is 0 Å². The normalized spacial score (nSPS) is 12.2. The van der Waals surface area contributed by atoms with E-state index in [9.17, 15) is 0 Å². The molecule has 0 saturated carbocycles. The van der Waals surface area contributed by atoms with Crippen LogP contribution in [0.2, 0.25) is 0 Å². The Morgan fingerprint density at radius 3 is 2.35 bits per heavy atom. The Kier molecular flexibility index (Phi) is 5.13. The van der Waals surface area contributed by atoms with Crippen LogP contribution in [0.5, 0.6) is 0 Å². The van der Waals surface area contributed by atoms with Crippen LogP contribution in [0, 0.1) is 0 Å². The topological polar surface area (TPSA) is 28.2 Å². The molecule has 2 rings (SSSR count). The first kappa shape index (κ1) is 14.5. The zero-order valence-electron chi connectivity index (χ0n) is 12.5. The van der Waals surface area contributed by atoms with Gasteiger partial charge >= 0.3 is 0 Å². The standard InChI is InChI=1S/C17H23N3/c1-4-18-14(3)17-12-11-16(13-19-17)20(5-2)15-9-7-6-8-10-15/h6-14,18H,4-5H2,1-3H3. The third kappa shape index (κ3) is 3.36. The first-order chi connectivity index (χ1) is 9.76. The highest BCUT2D eigenvalue weighted by Crippen LogP contribution is 2.24. The summed E-state index contributed by atoms with van der Waals surface area (Å²) in [6.07, 6.45) is 1.96. The second-order valence-electron chi connectivity index (χ2n) is 4.80. The Hall–Kier alpha value is -1.87. The number of anilines is 2. The molecule has 0 fully saturated rings. The molecule has 1 unspecified atom stereocenters. The van der Waals surface area contributed by atoms with E-state index in [1.165, 1.54) is 5.69 Å². The molecule has 1 aromatic heterocycles. The molecule has 0 radical (unpaired) electrons. The zero-order valence-corrected chi connectivity index (χ0v) is 12.5. The van der Waals surface area contributed by atoms with Gasteiger partial charge in [-0.3, -0.25) is 4.98 Å². The monoisotopic (exact) mass is 269 g/mol. The van der Waals surface area contributed by atoms with Crippen LogP contribution in [0.1, 0.15) is 32.5 Å². The highest BCUT2D eigenvalue weighted by atomic mass is 15.1. The highest BCUT2D eigenvalue weighted by molar-refractivity contribution is 5.62. The van der Waals surface area contributed by atoms with Gasteiger partial charge in [0.1, 0.15) is 0 Å². The molecule has 106 valence electrons. The summed E-state index contributed by atoms with van der Waals surface area (Å²) >= 11 is 0. The van der Waals surface area contributed by atoms with Crippen LogP contribution in [0.15, 0.2) is 48.7 Å². The lowest BCUT2D eigenvalue weighted by atomic mass is 10.2. The Labute approximate surface area is 121 Å². The van der Waals surface area contributed by atoms with Gasteiger partial charge < -0.3 is 10.2 Å². The minimum absolute atomic E-state index is 0.292. The number of hydrogen-bond acceptors (Lipinski definition) is 3. The molecule has 0 aliphatic carbocycles. The molecular weight excluding hydrogens is 246 g/mol. The SMILES string of the molecule is CCNC(C)c1ccc(N(CC)c2ccccc2)cn1. The summed E-state index contributed by atoms with van der Waals surface area (Å²) < 4.78 is 0. The quantitative estimate of drug-likeness (QED) is 0.861. The van der Waals surface area contributed by atoms with Gasteiger partial charge in [-0.1, -0.05) is 25.1 Å². The molecule has 0 aliphatic rings. The van der Waals surface area contributed by atoms with Gasteiger partial charge in [-0.05, 0) is 44.7 Å². The number of nitrogens with one attached hydrogen (secondary N) is 1. The van der Waals surface area contributed by atoms with E-state index < -0.39 is 0 Å². The van der Waals surface area contributed by atoms with E-state index in [4.69, 9.17) is 0 Å². The van der Waals surface area contributed by atoms with Crippen LogP contribution in [0.4, 0.5) is 11.4 Å². The molecule has 2 aromatic rings. The molecule has 3 heteroatoms. The van der Waals surface area contributed by atoms with Crippen molar-refractivity contribution >= 4 is 11.4 Å². The van der Waals surface area contributed by atoms with Crippen molar-refractivity contribution in [3.8, 4) is 0 Å². The van der Waals surface area contributed by atoms with E-state index in [1.54, 1.807) is 0 Å². The lowest BCUT2D eigenvalue weighted by Crippen LogP contribution is -2.20. The number of para-hydroxylation sites is 1. The van der Waals surface area contributed by atoms with Gasteiger partial charge in [0.15, 0.2) is 0 Å². The van der Waals surface area contributed by atoms with Crippen molar-refractivity contribution in [2.45, 2.75) is 26.8 Å². The number of rotatable bonds is 6. The summed E-state index contributed by atoms with van der Waals surface area (Å²) in [5.41, 5.74) is 3.41. The number of hydrogen-bond donors (Lipinski definition) is 1. The average Bonchev–Trinajstić information content (AvgIpc) is 2.50. The fourth-order valence-electron chi connectivity index (χ4n) is 2.35. The molecule has 0 bridgehead atoms. The van der Waals surface area contributed by atoms with Crippen LogP contribution in [-0.2, 0) is 0 Å². The molecular formula is C17H23N3. The van der Waals surface area contributed by atoms with Crippen molar-refractivity contribution < 1.29 is 0 Å². The molecule has 1 heterocycles. The minimum Gasteiger partial charge on any atom is -0.341 e. The minimum atomic E-state index is 0.292. The van der Waals surface area contributed by atoms with Gasteiger partial charge in [0.2, 0.25) is 0 Å². The maximum absolute atomic E-state index is 4.59. The second-order valence-corrected chi connectivity index (χ2v) is 4.80. The van der Waals surface area contributed by atoms with E-state index >= 15 is 0 Å². The van der Waals surface area contributed by atoms with Gasteiger partial charge in [-0.25, -0.2) is 0 Å². The van der Waals surface area contributed by atoms with Crippen molar-refractivity contribution in [3.05, 3.63) is 54.4 Å². The molecule has 0 saturated heterocycles. The molecule has 20 heavy (non-hydrogen) atoms. The largest absolute Gasteiger partial charge is 0.341 e. The highest BCUT2D eigenvalue weighted by Gasteiger charge is 2.09. The number of nitrogens with zero attached hydrogens (tertiary/aromatic N) is 2. The van der Waals surface area contributed by atoms with Gasteiger partial charge in [0.05, 0.1) is 17.6 Å². The van der Waals surface area contributed by atoms with Crippen LogP contribution < -0.4 is 10.2 Å². The van der Waals surface area contributed by atoms with E-state index in [2.05, 4.69) is 72.4 Å². The smallest absolute Gasteiger partial charge is 0.0597 e. The molecule has 1 atom stereocenters. The molecule has 1 N–H and O–H groups in total. The Morgan fingerprint density at radius 2 is 1.80 bits per heavy atom. The maximum atomic E-state index is 4.59. The van der Waals surface area contributed by atoms with Crippen molar-refractivity contribution in [3.63, 3.8) is 0 Å². The third-order valence-corrected chi connectivity index (χ3v) is 3.42. The number of pyridine rings is 1. The van der Waals surface area contributed by atoms with Crippen molar-refractivity contribution in [1.29, 1.82) is 0 Å². The summed E-state index contributed by atoms with van der Waals surface area (Å²) in [4.78, 5) is 6.85. The summed E-state index contributed by atoms with van der Waals surface area (Å²) in [7, 11) is 0. The van der Waals surface area contributed by atoms with Gasteiger partial charge in [0.25, 0.3) is 0 Å². The van der Waals surface area contributed by atoms with Crippen molar-refractivity contribution in [1.82, 2.24) is 10.3 Å². The Bertz CT molecular complexity index is 508. The summed E-state index contributed by atoms with van der Waals surface area (Å²) in [6.45, 7) is 8.28. The third-order valence-electron chi connectivity index (χ3n) is 3.42. The molecule has 0 spiro atoms. The van der Waals surface area contributed by atoms with Crippen LogP contribution in [0.3, 0.4) is 0 Å². The van der Waals surface area contributed by atoms with E-state index in [-0.39, 0.29) is 0 Å². The maximum Gasteiger partial charge on any atom is 0.0597 e. The van der Waals surface area contributed by atoms with E-state index in [1.807, 2.05) is 12.3 Å². The predicted molar refractivity (Wildman–Crippen MR) is 85.5 cm³/mol. The van der Waals surface area contributed by atoms with Crippen LogP contribution >= 0.6 is 0 Å². The first-order valence-electron chi connectivity index (χ1n) is 7.28. The van der Waals surface area contributed by atoms with Gasteiger partial charge in [-0.2, -0.15) is 0 Å². The lowest BCUT2D eigenvalue weighted by Gasteiger charge is -2.23. The fourth-order valence-corrected chi connectivity index (χ4v) is 2.35. The second kappa shape index (κ2) is 7.06. The summed E-state index contributed by atoms with van der Waals surface area (Å²) in [5.74, 6) is 0. The Balaban J connectivity index is 2.20. The number of aromatic nitrogens is 1. The first-order valence-corrected chi connectivity index (χ1v) is 7.28. The van der Waals surface area contributed by atoms with Crippen molar-refractivity contribution in [2.75, 3.05) is 18.0 Å². The molecule has 1 aromatic carbocycles. The lowest BCUT2D eigenvalue weighted by molar-refractivity contribution is 0.583. The Morgan fingerprint density at radius 1 is 1.05 bits per heavy atom. The van der Waals surface area contributed by atoms with Crippen LogP contribution in [-0.4, -0.2) is 18.1 Å². The fraction of sp³-hybridized carbons (Fsp3) is 0.353. The predicted octanol–water partition coefficient (Wildman–Crippen LogP) is 3.91. The van der Waals surface area contributed by atoms with Gasteiger partial charge in [-0.15, -0.1) is 0 Å². The number of benzene rings is 1. The zero-order chi connectivity index (χ0) is 14.4. The summed E-state index contributed by atoms with van der Waals surface area (Å²) in [6, 6.07) is 15.0. The molecule has 3 nitrogen and oxygen atoms in total. The van der Waals surface area contributed by atoms with E-state index in [0.717, 1.165) is 24.5 Å². The van der Waals surface area contributed by atoms with Crippen molar-refractivity contribution in [2.24, 2.45) is 0 Å². The average molecular weight is 269 g/mol. The molecule has 0 amide bonds. The van der Waals surface area contributed by atoms with E-state index in [0.29, 0.717) is 6.04 Å².